The van der Waals surface area contributed by atoms with Crippen molar-refractivity contribution in [3.63, 3.8) is 0 Å². The van der Waals surface area contributed by atoms with Gasteiger partial charge in [0.15, 0.2) is 0 Å². The third kappa shape index (κ3) is 4.43. The summed E-state index contributed by atoms with van der Waals surface area (Å²) in [5.41, 5.74) is -0.428. The van der Waals surface area contributed by atoms with Gasteiger partial charge in [0.1, 0.15) is 5.60 Å². The zero-order chi connectivity index (χ0) is 17.1. The number of carboxylic acids is 1. The van der Waals surface area contributed by atoms with Crippen molar-refractivity contribution in [2.45, 2.75) is 45.6 Å². The highest BCUT2D eigenvalue weighted by Gasteiger charge is 2.43. The van der Waals surface area contributed by atoms with Gasteiger partial charge in [0.2, 0.25) is 0 Å². The molecule has 0 aliphatic carbocycles. The number of hydrogen-bond acceptors (Lipinski definition) is 4. The van der Waals surface area contributed by atoms with E-state index in [1.807, 2.05) is 32.9 Å². The third-order valence-corrected chi connectivity index (χ3v) is 4.12. The molecule has 1 amide bonds. The zero-order valence-electron chi connectivity index (χ0n) is 13.9. The quantitative estimate of drug-likeness (QED) is 0.926. The van der Waals surface area contributed by atoms with Gasteiger partial charge in [-0.3, -0.25) is 9.78 Å². The number of carbonyl (C=O) groups excluding carboxylic acids is 1. The summed E-state index contributed by atoms with van der Waals surface area (Å²) in [5.74, 6) is -0.807. The average molecular weight is 320 g/mol. The first kappa shape index (κ1) is 17.2. The summed E-state index contributed by atoms with van der Waals surface area (Å²) in [6.07, 6.45) is 4.25. The number of piperidine rings is 1. The van der Waals surface area contributed by atoms with Gasteiger partial charge in [0, 0.05) is 25.5 Å². The van der Waals surface area contributed by atoms with E-state index in [0.717, 1.165) is 5.56 Å². The van der Waals surface area contributed by atoms with Crippen LogP contribution in [0.25, 0.3) is 0 Å². The van der Waals surface area contributed by atoms with E-state index in [1.165, 1.54) is 0 Å². The molecule has 1 aliphatic rings. The number of hydrogen-bond donors (Lipinski definition) is 1. The van der Waals surface area contributed by atoms with Crippen LogP contribution >= 0.6 is 0 Å². The van der Waals surface area contributed by atoms with Crippen LogP contribution in [0.2, 0.25) is 0 Å². The number of aliphatic carboxylic acids is 1. The summed E-state index contributed by atoms with van der Waals surface area (Å²) in [6, 6.07) is 3.68. The maximum Gasteiger partial charge on any atom is 0.410 e. The summed E-state index contributed by atoms with van der Waals surface area (Å²) in [6.45, 7) is 6.25. The number of nitrogens with zero attached hydrogens (tertiary/aromatic N) is 2. The summed E-state index contributed by atoms with van der Waals surface area (Å²) in [4.78, 5) is 29.5. The molecule has 0 atom stereocenters. The minimum Gasteiger partial charge on any atom is -0.481 e. The van der Waals surface area contributed by atoms with Gasteiger partial charge in [-0.25, -0.2) is 4.79 Å². The lowest BCUT2D eigenvalue weighted by molar-refractivity contribution is -0.152. The van der Waals surface area contributed by atoms with Gasteiger partial charge in [0.25, 0.3) is 0 Å². The molecule has 0 bridgehead atoms. The third-order valence-electron chi connectivity index (χ3n) is 4.12. The first-order valence-corrected chi connectivity index (χ1v) is 7.82. The average Bonchev–Trinajstić information content (AvgIpc) is 2.47. The van der Waals surface area contributed by atoms with Gasteiger partial charge in [-0.15, -0.1) is 0 Å². The highest BCUT2D eigenvalue weighted by molar-refractivity contribution is 5.76. The van der Waals surface area contributed by atoms with E-state index in [-0.39, 0.29) is 6.09 Å². The number of rotatable bonds is 3. The number of likely N-dealkylation sites (tertiary alicyclic amines) is 1. The molecule has 23 heavy (non-hydrogen) atoms. The lowest BCUT2D eigenvalue weighted by Gasteiger charge is -2.39. The Kier molecular flexibility index (Phi) is 4.92. The first-order valence-electron chi connectivity index (χ1n) is 7.82. The van der Waals surface area contributed by atoms with E-state index in [1.54, 1.807) is 17.3 Å². The molecule has 0 spiro atoms. The highest BCUT2D eigenvalue weighted by Crippen LogP contribution is 2.36. The summed E-state index contributed by atoms with van der Waals surface area (Å²) in [7, 11) is 0. The molecule has 1 aliphatic heterocycles. The fourth-order valence-electron chi connectivity index (χ4n) is 2.80. The number of pyridine rings is 1. The van der Waals surface area contributed by atoms with Crippen LogP contribution in [0.3, 0.4) is 0 Å². The maximum absolute atomic E-state index is 12.1. The second-order valence-corrected chi connectivity index (χ2v) is 7.09. The molecule has 1 aromatic rings. The van der Waals surface area contributed by atoms with Gasteiger partial charge in [-0.2, -0.15) is 0 Å². The molecule has 1 N–H and O–H groups in total. The van der Waals surface area contributed by atoms with Gasteiger partial charge < -0.3 is 14.7 Å². The topological polar surface area (TPSA) is 79.7 Å². The van der Waals surface area contributed by atoms with Crippen LogP contribution in [0.15, 0.2) is 24.5 Å². The Hall–Kier alpha value is -2.11. The van der Waals surface area contributed by atoms with Crippen molar-refractivity contribution in [1.82, 2.24) is 9.88 Å². The lowest BCUT2D eigenvalue weighted by Crippen LogP contribution is -2.48. The molecule has 0 unspecified atom stereocenters. The van der Waals surface area contributed by atoms with Crippen LogP contribution in [0, 0.1) is 5.41 Å². The fourth-order valence-corrected chi connectivity index (χ4v) is 2.80. The molecule has 1 saturated heterocycles. The van der Waals surface area contributed by atoms with E-state index >= 15 is 0 Å². The van der Waals surface area contributed by atoms with E-state index in [9.17, 15) is 14.7 Å². The van der Waals surface area contributed by atoms with Crippen molar-refractivity contribution in [3.8, 4) is 0 Å². The maximum atomic E-state index is 12.1. The molecule has 1 fully saturated rings. The molecule has 0 saturated carbocycles. The van der Waals surface area contributed by atoms with Gasteiger partial charge in [0.05, 0.1) is 5.41 Å². The van der Waals surface area contributed by atoms with Crippen molar-refractivity contribution in [2.24, 2.45) is 5.41 Å². The first-order chi connectivity index (χ1) is 10.7. The summed E-state index contributed by atoms with van der Waals surface area (Å²) < 4.78 is 5.36. The molecule has 0 aromatic carbocycles. The number of carbonyl (C=O) groups is 2. The van der Waals surface area contributed by atoms with Crippen LogP contribution in [0.4, 0.5) is 4.79 Å². The Morgan fingerprint density at radius 3 is 2.30 bits per heavy atom. The Labute approximate surface area is 136 Å². The number of carboxylic acid groups (broad SMARTS) is 1. The van der Waals surface area contributed by atoms with Crippen LogP contribution < -0.4 is 0 Å². The minimum atomic E-state index is -0.833. The predicted molar refractivity (Wildman–Crippen MR) is 85.1 cm³/mol. The van der Waals surface area contributed by atoms with Gasteiger partial charge in [-0.1, -0.05) is 0 Å². The molecular formula is C17H24N2O4. The molecule has 0 radical (unpaired) electrons. The molecule has 2 rings (SSSR count). The molecular weight excluding hydrogens is 296 g/mol. The SMILES string of the molecule is CC(C)(C)OC(=O)N1CCC(Cc2ccncc2)(C(=O)O)CC1. The van der Waals surface area contributed by atoms with Crippen molar-refractivity contribution in [3.05, 3.63) is 30.1 Å². The van der Waals surface area contributed by atoms with Crippen LogP contribution in [0.5, 0.6) is 0 Å². The van der Waals surface area contributed by atoms with Crippen LogP contribution in [-0.4, -0.2) is 45.7 Å². The largest absolute Gasteiger partial charge is 0.481 e. The van der Waals surface area contributed by atoms with Crippen LogP contribution in [0.1, 0.15) is 39.2 Å². The van der Waals surface area contributed by atoms with Gasteiger partial charge >= 0.3 is 12.1 Å². The second-order valence-electron chi connectivity index (χ2n) is 7.09. The number of ether oxygens (including phenoxy) is 1. The Bertz CT molecular complexity index is 558. The minimum absolute atomic E-state index is 0.375. The summed E-state index contributed by atoms with van der Waals surface area (Å²) in [5, 5.41) is 9.71. The fraction of sp³-hybridized carbons (Fsp3) is 0.588. The van der Waals surface area contributed by atoms with Crippen molar-refractivity contribution in [1.29, 1.82) is 0 Å². The normalized spacial score (nSPS) is 17.6. The van der Waals surface area contributed by atoms with E-state index in [4.69, 9.17) is 4.74 Å². The highest BCUT2D eigenvalue weighted by atomic mass is 16.6. The Morgan fingerprint density at radius 1 is 1.26 bits per heavy atom. The molecule has 6 nitrogen and oxygen atoms in total. The zero-order valence-corrected chi connectivity index (χ0v) is 13.9. The number of amides is 1. The monoisotopic (exact) mass is 320 g/mol. The van der Waals surface area contributed by atoms with E-state index in [0.29, 0.717) is 32.4 Å². The van der Waals surface area contributed by atoms with Crippen molar-refractivity contribution < 1.29 is 19.4 Å². The second kappa shape index (κ2) is 6.56. The predicted octanol–water partition coefficient (Wildman–Crippen LogP) is 2.73. The summed E-state index contributed by atoms with van der Waals surface area (Å²) >= 11 is 0. The van der Waals surface area contributed by atoms with E-state index in [2.05, 4.69) is 4.98 Å². The lowest BCUT2D eigenvalue weighted by atomic mass is 9.74. The molecule has 126 valence electrons. The van der Waals surface area contributed by atoms with Gasteiger partial charge in [-0.05, 0) is 57.7 Å². The standard InChI is InChI=1S/C17H24N2O4/c1-16(2,3)23-15(22)19-10-6-17(7-11-19,14(20)21)12-13-4-8-18-9-5-13/h4-5,8-9H,6-7,10-12H2,1-3H3,(H,20,21). The molecule has 6 heteroatoms. The van der Waals surface area contributed by atoms with Crippen molar-refractivity contribution >= 4 is 12.1 Å². The number of aromatic nitrogens is 1. The molecule has 2 heterocycles. The Balaban J connectivity index is 2.03. The van der Waals surface area contributed by atoms with Crippen LogP contribution in [-0.2, 0) is 16.0 Å². The Morgan fingerprint density at radius 2 is 1.83 bits per heavy atom. The molecule has 1 aromatic heterocycles. The van der Waals surface area contributed by atoms with Crippen molar-refractivity contribution in [2.75, 3.05) is 13.1 Å². The smallest absolute Gasteiger partial charge is 0.410 e. The van der Waals surface area contributed by atoms with E-state index < -0.39 is 17.0 Å².